The Morgan fingerprint density at radius 3 is 2.57 bits per heavy atom. The van der Waals surface area contributed by atoms with E-state index in [0.717, 1.165) is 33.3 Å². The van der Waals surface area contributed by atoms with E-state index in [-0.39, 0.29) is 5.91 Å². The van der Waals surface area contributed by atoms with Crippen LogP contribution in [0.4, 0.5) is 0 Å². The van der Waals surface area contributed by atoms with Crippen LogP contribution < -0.4 is 5.32 Å². The highest BCUT2D eigenvalue weighted by Gasteiger charge is 2.34. The molecule has 6 heteroatoms. The molecule has 1 amide bonds. The van der Waals surface area contributed by atoms with Crippen molar-refractivity contribution in [1.29, 1.82) is 0 Å². The number of carbonyl (C=O) groups is 1. The molecule has 0 spiro atoms. The second-order valence-electron chi connectivity index (χ2n) is 9.98. The van der Waals surface area contributed by atoms with Gasteiger partial charge in [-0.15, -0.1) is 0 Å². The number of aliphatic hydroxyl groups is 2. The molecule has 0 fully saturated rings. The number of nitrogens with one attached hydrogen (secondary N) is 1. The van der Waals surface area contributed by atoms with Crippen LogP contribution in [0.3, 0.4) is 0 Å². The molecule has 192 valence electrons. The summed E-state index contributed by atoms with van der Waals surface area (Å²) in [6, 6.07) is 27.4. The summed E-state index contributed by atoms with van der Waals surface area (Å²) in [4.78, 5) is 13.6. The van der Waals surface area contributed by atoms with Crippen LogP contribution in [0.1, 0.15) is 34.8 Å². The molecule has 0 bridgehead atoms. The maximum atomic E-state index is 13.6. The van der Waals surface area contributed by atoms with E-state index in [1.54, 1.807) is 7.11 Å². The number of aliphatic hydroxyl groups excluding tert-OH is 2. The summed E-state index contributed by atoms with van der Waals surface area (Å²) in [5, 5.41) is 26.1. The predicted octanol–water partition coefficient (Wildman–Crippen LogP) is 4.17. The summed E-state index contributed by atoms with van der Waals surface area (Å²) in [6.07, 6.45) is 0.367. The third kappa shape index (κ3) is 5.62. The van der Waals surface area contributed by atoms with Gasteiger partial charge in [-0.25, -0.2) is 0 Å². The van der Waals surface area contributed by atoms with Crippen LogP contribution in [0.2, 0.25) is 0 Å². The lowest BCUT2D eigenvalue weighted by Crippen LogP contribution is -2.40. The molecule has 3 aromatic carbocycles. The zero-order chi connectivity index (χ0) is 25.8. The van der Waals surface area contributed by atoms with Gasteiger partial charge in [0.25, 0.3) is 0 Å². The summed E-state index contributed by atoms with van der Waals surface area (Å²) in [7, 11) is 1.66. The number of para-hydroxylation sites is 1. The molecule has 6 nitrogen and oxygen atoms in total. The fourth-order valence-corrected chi connectivity index (χ4v) is 5.57. The van der Waals surface area contributed by atoms with E-state index in [1.807, 2.05) is 78.9 Å². The average Bonchev–Trinajstić information content (AvgIpc) is 3.41. The van der Waals surface area contributed by atoms with Gasteiger partial charge >= 0.3 is 0 Å². The van der Waals surface area contributed by atoms with Crippen molar-refractivity contribution in [2.24, 2.45) is 5.92 Å². The van der Waals surface area contributed by atoms with Crippen LogP contribution in [0.25, 0.3) is 10.9 Å². The Labute approximate surface area is 217 Å². The molecule has 1 aliphatic rings. The number of methoxy groups -OCH3 is 1. The van der Waals surface area contributed by atoms with Crippen molar-refractivity contribution >= 4 is 16.8 Å². The lowest BCUT2D eigenvalue weighted by atomic mass is 9.91. The molecule has 3 N–H and O–H groups in total. The van der Waals surface area contributed by atoms with Gasteiger partial charge in [0.1, 0.15) is 6.73 Å². The van der Waals surface area contributed by atoms with Gasteiger partial charge in [-0.3, -0.25) is 4.79 Å². The molecule has 5 rings (SSSR count). The van der Waals surface area contributed by atoms with Crippen molar-refractivity contribution in [2.75, 3.05) is 7.11 Å². The minimum absolute atomic E-state index is 0.152. The van der Waals surface area contributed by atoms with Crippen molar-refractivity contribution < 1.29 is 19.7 Å². The summed E-state index contributed by atoms with van der Waals surface area (Å²) < 4.78 is 7.49. The Bertz CT molecular complexity index is 1350. The molecule has 1 aromatic heterocycles. The number of rotatable bonds is 10. The minimum atomic E-state index is -0.722. The van der Waals surface area contributed by atoms with Gasteiger partial charge in [-0.1, -0.05) is 72.8 Å². The fourth-order valence-electron chi connectivity index (χ4n) is 5.57. The SMILES string of the molecule is COCn1c(C[C@H](O)C[C@H](Cc2ccccc2)C(=O)N[C@H]2c3ccccc3C[C@H]2O)cc2ccccc21. The van der Waals surface area contributed by atoms with E-state index in [0.29, 0.717) is 32.4 Å². The number of nitrogens with zero attached hydrogens (tertiary/aromatic N) is 1. The van der Waals surface area contributed by atoms with Crippen molar-refractivity contribution in [3.8, 4) is 0 Å². The molecule has 0 saturated carbocycles. The van der Waals surface area contributed by atoms with Crippen LogP contribution in [0.15, 0.2) is 84.9 Å². The third-order valence-corrected chi connectivity index (χ3v) is 7.35. The van der Waals surface area contributed by atoms with Gasteiger partial charge in [0, 0.05) is 31.6 Å². The van der Waals surface area contributed by atoms with Gasteiger partial charge in [0.15, 0.2) is 0 Å². The van der Waals surface area contributed by atoms with E-state index in [9.17, 15) is 15.0 Å². The summed E-state index contributed by atoms with van der Waals surface area (Å²) in [6.45, 7) is 0.391. The Hall–Kier alpha value is -3.45. The zero-order valence-corrected chi connectivity index (χ0v) is 21.1. The van der Waals surface area contributed by atoms with E-state index >= 15 is 0 Å². The van der Waals surface area contributed by atoms with E-state index in [1.165, 1.54) is 0 Å². The maximum absolute atomic E-state index is 13.6. The van der Waals surface area contributed by atoms with E-state index < -0.39 is 24.2 Å². The van der Waals surface area contributed by atoms with Crippen LogP contribution >= 0.6 is 0 Å². The van der Waals surface area contributed by atoms with Crippen molar-refractivity contribution in [3.05, 3.63) is 107 Å². The first-order valence-corrected chi connectivity index (χ1v) is 12.9. The van der Waals surface area contributed by atoms with Gasteiger partial charge in [0.2, 0.25) is 5.91 Å². The molecular formula is C31H34N2O4. The lowest BCUT2D eigenvalue weighted by Gasteiger charge is -2.24. The molecular weight excluding hydrogens is 464 g/mol. The molecule has 1 heterocycles. The Morgan fingerprint density at radius 2 is 1.76 bits per heavy atom. The van der Waals surface area contributed by atoms with Gasteiger partial charge in [0.05, 0.1) is 23.8 Å². The number of benzene rings is 3. The number of hydrogen-bond acceptors (Lipinski definition) is 4. The van der Waals surface area contributed by atoms with Gasteiger partial charge in [-0.05, 0) is 47.1 Å². The number of ether oxygens (including phenoxy) is 1. The highest BCUT2D eigenvalue weighted by atomic mass is 16.5. The Kier molecular flexibility index (Phi) is 7.70. The Balaban J connectivity index is 1.35. The van der Waals surface area contributed by atoms with Crippen molar-refractivity contribution in [2.45, 2.75) is 50.7 Å². The molecule has 0 unspecified atom stereocenters. The molecule has 0 aliphatic heterocycles. The quantitative estimate of drug-likeness (QED) is 0.306. The third-order valence-electron chi connectivity index (χ3n) is 7.35. The summed E-state index contributed by atoms with van der Waals surface area (Å²) in [5.74, 6) is -0.598. The number of carbonyl (C=O) groups excluding carboxylic acids is 1. The smallest absolute Gasteiger partial charge is 0.224 e. The van der Waals surface area contributed by atoms with E-state index in [2.05, 4.69) is 16.0 Å². The van der Waals surface area contributed by atoms with Crippen molar-refractivity contribution in [1.82, 2.24) is 9.88 Å². The molecule has 4 atom stereocenters. The predicted molar refractivity (Wildman–Crippen MR) is 144 cm³/mol. The minimum Gasteiger partial charge on any atom is -0.393 e. The second kappa shape index (κ2) is 11.3. The summed E-state index contributed by atoms with van der Waals surface area (Å²) in [5.41, 5.74) is 5.08. The highest BCUT2D eigenvalue weighted by Crippen LogP contribution is 2.32. The van der Waals surface area contributed by atoms with Crippen LogP contribution in [0, 0.1) is 5.92 Å². The topological polar surface area (TPSA) is 83.7 Å². The second-order valence-corrected chi connectivity index (χ2v) is 9.98. The number of hydrogen-bond donors (Lipinski definition) is 3. The van der Waals surface area contributed by atoms with Gasteiger partial charge < -0.3 is 24.8 Å². The maximum Gasteiger partial charge on any atom is 0.224 e. The lowest BCUT2D eigenvalue weighted by molar-refractivity contribution is -0.127. The number of fused-ring (bicyclic) bond motifs is 2. The van der Waals surface area contributed by atoms with Crippen LogP contribution in [-0.2, 0) is 35.5 Å². The number of amides is 1. The van der Waals surface area contributed by atoms with Crippen LogP contribution in [-0.4, -0.2) is 40.0 Å². The molecule has 4 aromatic rings. The zero-order valence-electron chi connectivity index (χ0n) is 21.1. The monoisotopic (exact) mass is 498 g/mol. The van der Waals surface area contributed by atoms with Gasteiger partial charge in [-0.2, -0.15) is 0 Å². The largest absolute Gasteiger partial charge is 0.393 e. The van der Waals surface area contributed by atoms with E-state index in [4.69, 9.17) is 4.74 Å². The standard InChI is InChI=1S/C31H34N2O4/c1-37-20-33-25(16-23-12-6-8-14-28(23)33)19-26(34)17-24(15-21-9-3-2-4-10-21)31(36)32-30-27-13-7-5-11-22(27)18-29(30)35/h2-14,16,24,26,29-30,34-35H,15,17-20H2,1H3,(H,32,36)/t24-,26+,29+,30-/m0/s1. The first-order chi connectivity index (χ1) is 18.0. The summed E-state index contributed by atoms with van der Waals surface area (Å²) >= 11 is 0. The first kappa shape index (κ1) is 25.2. The van der Waals surface area contributed by atoms with Crippen LogP contribution in [0.5, 0.6) is 0 Å². The molecule has 0 saturated heterocycles. The number of aromatic nitrogens is 1. The molecule has 37 heavy (non-hydrogen) atoms. The van der Waals surface area contributed by atoms with Crippen molar-refractivity contribution in [3.63, 3.8) is 0 Å². The highest BCUT2D eigenvalue weighted by molar-refractivity contribution is 5.81. The fraction of sp³-hybridized carbons (Fsp3) is 0.323. The first-order valence-electron chi connectivity index (χ1n) is 12.9. The Morgan fingerprint density at radius 1 is 1.03 bits per heavy atom. The molecule has 1 aliphatic carbocycles. The normalized spacial score (nSPS) is 18.5. The molecule has 0 radical (unpaired) electrons. The average molecular weight is 499 g/mol.